The van der Waals surface area contributed by atoms with Gasteiger partial charge in [-0.15, -0.1) is 11.3 Å². The molecule has 0 bridgehead atoms. The number of aromatic nitrogens is 1. The lowest BCUT2D eigenvalue weighted by molar-refractivity contribution is -0.116. The molecule has 3 heteroatoms. The van der Waals surface area contributed by atoms with Crippen LogP contribution >= 0.6 is 11.3 Å². The molecule has 0 N–H and O–H groups in total. The molecule has 0 aliphatic carbocycles. The molecule has 1 heterocycles. The first kappa shape index (κ1) is 7.41. The Balaban J connectivity index is 2.67. The Hall–Kier alpha value is -0.700. The normalized spacial score (nSPS) is 9.80. The van der Waals surface area contributed by atoms with Crippen LogP contribution in [0.4, 0.5) is 0 Å². The second-order valence-electron chi connectivity index (χ2n) is 2.24. The standard InChI is InChI=1S/C7H9NOS/c1-5(9)3-7-4-10-6(2)8-7/h4H,3H2,1-2H3. The minimum atomic E-state index is 0.172. The maximum Gasteiger partial charge on any atom is 0.135 e. The predicted octanol–water partition coefficient (Wildman–Crippen LogP) is 1.58. The third-order valence-electron chi connectivity index (χ3n) is 1.10. The van der Waals surface area contributed by atoms with Crippen LogP contribution in [-0.2, 0) is 11.2 Å². The fourth-order valence-corrected chi connectivity index (χ4v) is 1.36. The molecule has 0 radical (unpaired) electrons. The summed E-state index contributed by atoms with van der Waals surface area (Å²) < 4.78 is 0. The van der Waals surface area contributed by atoms with E-state index in [2.05, 4.69) is 4.98 Å². The highest BCUT2D eigenvalue weighted by Gasteiger charge is 1.99. The average Bonchev–Trinajstić information content (AvgIpc) is 2.13. The van der Waals surface area contributed by atoms with Crippen molar-refractivity contribution in [1.82, 2.24) is 4.98 Å². The fraction of sp³-hybridized carbons (Fsp3) is 0.429. The van der Waals surface area contributed by atoms with E-state index in [9.17, 15) is 4.79 Å². The van der Waals surface area contributed by atoms with Crippen molar-refractivity contribution in [3.05, 3.63) is 16.1 Å². The molecule has 0 aromatic carbocycles. The first-order chi connectivity index (χ1) is 4.68. The van der Waals surface area contributed by atoms with Gasteiger partial charge in [0.25, 0.3) is 0 Å². The molecular formula is C7H9NOS. The number of nitrogens with zero attached hydrogens (tertiary/aromatic N) is 1. The fourth-order valence-electron chi connectivity index (χ4n) is 0.744. The summed E-state index contributed by atoms with van der Waals surface area (Å²) in [6.45, 7) is 3.52. The molecule has 1 aromatic heterocycles. The van der Waals surface area contributed by atoms with E-state index in [0.29, 0.717) is 6.42 Å². The number of Topliss-reactive ketones (excluding diaryl/α,β-unsaturated/α-hetero) is 1. The van der Waals surface area contributed by atoms with E-state index in [0.717, 1.165) is 10.7 Å². The number of thiazole rings is 1. The van der Waals surface area contributed by atoms with Crippen LogP contribution in [0, 0.1) is 6.92 Å². The Morgan fingerprint density at radius 2 is 2.50 bits per heavy atom. The van der Waals surface area contributed by atoms with Crippen LogP contribution in [-0.4, -0.2) is 10.8 Å². The van der Waals surface area contributed by atoms with E-state index in [-0.39, 0.29) is 5.78 Å². The summed E-state index contributed by atoms with van der Waals surface area (Å²) in [5.41, 5.74) is 0.898. The summed E-state index contributed by atoms with van der Waals surface area (Å²) >= 11 is 1.58. The molecule has 0 saturated heterocycles. The van der Waals surface area contributed by atoms with Crippen LogP contribution in [0.5, 0.6) is 0 Å². The Bertz CT molecular complexity index is 242. The van der Waals surface area contributed by atoms with Crippen molar-refractivity contribution in [3.8, 4) is 0 Å². The maximum atomic E-state index is 10.6. The lowest BCUT2D eigenvalue weighted by Crippen LogP contribution is -1.95. The zero-order valence-electron chi connectivity index (χ0n) is 6.05. The highest BCUT2D eigenvalue weighted by molar-refractivity contribution is 7.09. The molecule has 2 nitrogen and oxygen atoms in total. The van der Waals surface area contributed by atoms with Gasteiger partial charge in [-0.3, -0.25) is 4.79 Å². The molecule has 0 atom stereocenters. The third kappa shape index (κ3) is 1.92. The highest BCUT2D eigenvalue weighted by Crippen LogP contribution is 2.08. The van der Waals surface area contributed by atoms with Crippen molar-refractivity contribution in [2.75, 3.05) is 0 Å². The molecule has 0 fully saturated rings. The maximum absolute atomic E-state index is 10.6. The van der Waals surface area contributed by atoms with E-state index in [1.807, 2.05) is 12.3 Å². The average molecular weight is 155 g/mol. The summed E-state index contributed by atoms with van der Waals surface area (Å²) in [7, 11) is 0. The Kier molecular flexibility index (Phi) is 2.17. The Morgan fingerprint density at radius 1 is 1.80 bits per heavy atom. The number of hydrogen-bond donors (Lipinski definition) is 0. The first-order valence-corrected chi connectivity index (χ1v) is 3.97. The molecule has 0 unspecified atom stereocenters. The van der Waals surface area contributed by atoms with Gasteiger partial charge in [0.15, 0.2) is 0 Å². The molecule has 0 spiro atoms. The second kappa shape index (κ2) is 2.92. The van der Waals surface area contributed by atoms with Gasteiger partial charge in [0.05, 0.1) is 10.7 Å². The summed E-state index contributed by atoms with van der Waals surface area (Å²) in [5.74, 6) is 0.172. The zero-order valence-corrected chi connectivity index (χ0v) is 6.86. The number of carbonyl (C=O) groups is 1. The van der Waals surface area contributed by atoms with Gasteiger partial charge in [-0.25, -0.2) is 4.98 Å². The largest absolute Gasteiger partial charge is 0.300 e. The summed E-state index contributed by atoms with van der Waals surface area (Å²) in [6.07, 6.45) is 0.477. The van der Waals surface area contributed by atoms with Crippen molar-refractivity contribution < 1.29 is 4.79 Å². The van der Waals surface area contributed by atoms with Crippen LogP contribution < -0.4 is 0 Å². The van der Waals surface area contributed by atoms with E-state index in [1.165, 1.54) is 0 Å². The molecule has 10 heavy (non-hydrogen) atoms. The van der Waals surface area contributed by atoms with Gasteiger partial charge in [-0.05, 0) is 13.8 Å². The Morgan fingerprint density at radius 3 is 2.90 bits per heavy atom. The summed E-state index contributed by atoms with van der Waals surface area (Å²) in [6, 6.07) is 0. The number of hydrogen-bond acceptors (Lipinski definition) is 3. The van der Waals surface area contributed by atoms with Gasteiger partial charge in [0, 0.05) is 11.8 Å². The van der Waals surface area contributed by atoms with E-state index in [1.54, 1.807) is 18.3 Å². The van der Waals surface area contributed by atoms with Crippen molar-refractivity contribution in [3.63, 3.8) is 0 Å². The number of ketones is 1. The van der Waals surface area contributed by atoms with Gasteiger partial charge in [0.1, 0.15) is 5.78 Å². The van der Waals surface area contributed by atoms with Gasteiger partial charge >= 0.3 is 0 Å². The summed E-state index contributed by atoms with van der Waals surface area (Å²) in [5, 5.41) is 2.95. The van der Waals surface area contributed by atoms with Gasteiger partial charge in [0.2, 0.25) is 0 Å². The highest BCUT2D eigenvalue weighted by atomic mass is 32.1. The molecule has 1 aromatic rings. The van der Waals surface area contributed by atoms with Crippen LogP contribution in [0.2, 0.25) is 0 Å². The monoisotopic (exact) mass is 155 g/mol. The lowest BCUT2D eigenvalue weighted by Gasteiger charge is -1.86. The molecule has 0 aliphatic heterocycles. The SMILES string of the molecule is CC(=O)Cc1csc(C)n1. The van der Waals surface area contributed by atoms with Gasteiger partial charge in [-0.2, -0.15) is 0 Å². The number of aryl methyl sites for hydroxylation is 1. The molecule has 1 rings (SSSR count). The third-order valence-corrected chi connectivity index (χ3v) is 1.92. The van der Waals surface area contributed by atoms with Crippen molar-refractivity contribution >= 4 is 17.1 Å². The second-order valence-corrected chi connectivity index (χ2v) is 3.30. The summed E-state index contributed by atoms with van der Waals surface area (Å²) in [4.78, 5) is 14.7. The molecule has 54 valence electrons. The van der Waals surface area contributed by atoms with Gasteiger partial charge in [-0.1, -0.05) is 0 Å². The minimum Gasteiger partial charge on any atom is -0.300 e. The predicted molar refractivity (Wildman–Crippen MR) is 41.2 cm³/mol. The minimum absolute atomic E-state index is 0.172. The van der Waals surface area contributed by atoms with Crippen molar-refractivity contribution in [2.24, 2.45) is 0 Å². The molecular weight excluding hydrogens is 146 g/mol. The first-order valence-electron chi connectivity index (χ1n) is 3.09. The zero-order chi connectivity index (χ0) is 7.56. The Labute approximate surface area is 63.9 Å². The lowest BCUT2D eigenvalue weighted by atomic mass is 10.3. The topological polar surface area (TPSA) is 30.0 Å². The quantitative estimate of drug-likeness (QED) is 0.649. The smallest absolute Gasteiger partial charge is 0.135 e. The van der Waals surface area contributed by atoms with E-state index < -0.39 is 0 Å². The van der Waals surface area contributed by atoms with Crippen molar-refractivity contribution in [1.29, 1.82) is 0 Å². The molecule has 0 aliphatic rings. The molecule has 0 saturated carbocycles. The van der Waals surface area contributed by atoms with E-state index >= 15 is 0 Å². The number of carbonyl (C=O) groups excluding carboxylic acids is 1. The van der Waals surface area contributed by atoms with Crippen molar-refractivity contribution in [2.45, 2.75) is 20.3 Å². The van der Waals surface area contributed by atoms with Crippen LogP contribution in [0.25, 0.3) is 0 Å². The van der Waals surface area contributed by atoms with Gasteiger partial charge < -0.3 is 0 Å². The van der Waals surface area contributed by atoms with Crippen LogP contribution in [0.15, 0.2) is 5.38 Å². The van der Waals surface area contributed by atoms with Crippen LogP contribution in [0.3, 0.4) is 0 Å². The van der Waals surface area contributed by atoms with Crippen LogP contribution in [0.1, 0.15) is 17.6 Å². The van der Waals surface area contributed by atoms with E-state index in [4.69, 9.17) is 0 Å². The number of rotatable bonds is 2. The molecule has 0 amide bonds.